The molecule has 0 radical (unpaired) electrons. The molecule has 0 aromatic carbocycles. The third-order valence-corrected chi connectivity index (χ3v) is 1.91. The number of nitrogens with one attached hydrogen (secondary N) is 1. The SMILES string of the molecule is C=CCNCCCC[SH](=O)=O. The van der Waals surface area contributed by atoms with Crippen LogP contribution in [0.25, 0.3) is 0 Å². The molecule has 3 nitrogen and oxygen atoms in total. The van der Waals surface area contributed by atoms with E-state index in [2.05, 4.69) is 11.9 Å². The van der Waals surface area contributed by atoms with E-state index in [1.165, 1.54) is 0 Å². The van der Waals surface area contributed by atoms with Gasteiger partial charge in [-0.1, -0.05) is 6.08 Å². The van der Waals surface area contributed by atoms with Gasteiger partial charge in [-0.3, -0.25) is 0 Å². The molecular weight excluding hydrogens is 162 g/mol. The number of unbranched alkanes of at least 4 members (excludes halogenated alkanes) is 1. The maximum atomic E-state index is 10.1. The van der Waals surface area contributed by atoms with Crippen molar-refractivity contribution in [2.45, 2.75) is 12.8 Å². The first-order valence-corrected chi connectivity index (χ1v) is 5.07. The Balaban J connectivity index is 2.96. The maximum Gasteiger partial charge on any atom is 0.140 e. The Morgan fingerprint density at radius 1 is 1.36 bits per heavy atom. The fourth-order valence-electron chi connectivity index (χ4n) is 0.695. The van der Waals surface area contributed by atoms with E-state index in [-0.39, 0.29) is 0 Å². The minimum Gasteiger partial charge on any atom is -0.313 e. The van der Waals surface area contributed by atoms with E-state index in [0.717, 1.165) is 25.9 Å². The van der Waals surface area contributed by atoms with Crippen molar-refractivity contribution in [3.05, 3.63) is 12.7 Å². The summed E-state index contributed by atoms with van der Waals surface area (Å²) in [6, 6.07) is 0. The zero-order valence-corrected chi connectivity index (χ0v) is 7.48. The second kappa shape index (κ2) is 7.75. The molecule has 0 aliphatic carbocycles. The second-order valence-corrected chi connectivity index (χ2v) is 3.37. The van der Waals surface area contributed by atoms with Crippen LogP contribution in [0.15, 0.2) is 12.7 Å². The average molecular weight is 177 g/mol. The van der Waals surface area contributed by atoms with E-state index in [9.17, 15) is 8.42 Å². The summed E-state index contributed by atoms with van der Waals surface area (Å²) in [5, 5.41) is 3.09. The summed E-state index contributed by atoms with van der Waals surface area (Å²) < 4.78 is 20.2. The fourth-order valence-corrected chi connectivity index (χ4v) is 1.18. The van der Waals surface area contributed by atoms with Crippen molar-refractivity contribution in [2.24, 2.45) is 0 Å². The van der Waals surface area contributed by atoms with Gasteiger partial charge in [-0.2, -0.15) is 0 Å². The molecule has 0 saturated carbocycles. The largest absolute Gasteiger partial charge is 0.313 e. The van der Waals surface area contributed by atoms with E-state index in [1.54, 1.807) is 6.08 Å². The highest BCUT2D eigenvalue weighted by Gasteiger charge is 1.88. The van der Waals surface area contributed by atoms with Crippen LogP contribution in [0.2, 0.25) is 0 Å². The van der Waals surface area contributed by atoms with Crippen LogP contribution in [-0.2, 0) is 10.7 Å². The molecular formula is C7H15NO2S. The van der Waals surface area contributed by atoms with Crippen LogP contribution < -0.4 is 5.32 Å². The Morgan fingerprint density at radius 3 is 2.64 bits per heavy atom. The Morgan fingerprint density at radius 2 is 2.09 bits per heavy atom. The zero-order chi connectivity index (χ0) is 8.53. The van der Waals surface area contributed by atoms with Crippen LogP contribution >= 0.6 is 0 Å². The van der Waals surface area contributed by atoms with Crippen LogP contribution in [-0.4, -0.2) is 27.3 Å². The van der Waals surface area contributed by atoms with E-state index in [1.807, 2.05) is 0 Å². The lowest BCUT2D eigenvalue weighted by Crippen LogP contribution is -2.14. The van der Waals surface area contributed by atoms with E-state index in [0.29, 0.717) is 5.75 Å². The molecule has 0 aliphatic rings. The summed E-state index contributed by atoms with van der Waals surface area (Å²) in [5.74, 6) is 0.311. The fraction of sp³-hybridized carbons (Fsp3) is 0.714. The molecule has 0 fully saturated rings. The average Bonchev–Trinajstić information content (AvgIpc) is 1.96. The molecule has 0 aliphatic heterocycles. The van der Waals surface area contributed by atoms with Crippen molar-refractivity contribution in [1.82, 2.24) is 5.32 Å². The van der Waals surface area contributed by atoms with Gasteiger partial charge in [-0.25, -0.2) is 8.42 Å². The molecule has 0 saturated heterocycles. The standard InChI is InChI=1S/C7H15NO2S/c1-2-5-8-6-3-4-7-11(9)10/h2,8,11H,1,3-7H2. The Kier molecular flexibility index (Phi) is 7.51. The molecule has 11 heavy (non-hydrogen) atoms. The highest BCUT2D eigenvalue weighted by molar-refractivity contribution is 7.72. The minimum absolute atomic E-state index is 0.311. The number of rotatable bonds is 7. The molecule has 0 aromatic heterocycles. The predicted octanol–water partition coefficient (Wildman–Crippen LogP) is 0.154. The van der Waals surface area contributed by atoms with Crippen LogP contribution in [0.3, 0.4) is 0 Å². The third-order valence-electron chi connectivity index (χ3n) is 1.23. The van der Waals surface area contributed by atoms with Crippen molar-refractivity contribution < 1.29 is 8.42 Å². The normalized spacial score (nSPS) is 10.3. The smallest absolute Gasteiger partial charge is 0.140 e. The van der Waals surface area contributed by atoms with Gasteiger partial charge >= 0.3 is 0 Å². The lowest BCUT2D eigenvalue weighted by molar-refractivity contribution is 0.607. The summed E-state index contributed by atoms with van der Waals surface area (Å²) in [6.45, 7) is 5.21. The molecule has 0 atom stereocenters. The number of hydrogen-bond acceptors (Lipinski definition) is 3. The van der Waals surface area contributed by atoms with E-state index in [4.69, 9.17) is 0 Å². The summed E-state index contributed by atoms with van der Waals surface area (Å²) in [5.41, 5.74) is 0. The maximum absolute atomic E-state index is 10.1. The molecule has 4 heteroatoms. The molecule has 0 amide bonds. The van der Waals surface area contributed by atoms with E-state index >= 15 is 0 Å². The Labute approximate surface area is 69.4 Å². The molecule has 0 rings (SSSR count). The molecule has 0 heterocycles. The van der Waals surface area contributed by atoms with Gasteiger partial charge in [-0.05, 0) is 19.4 Å². The molecule has 0 aromatic rings. The minimum atomic E-state index is -2.17. The predicted molar refractivity (Wildman–Crippen MR) is 47.5 cm³/mol. The van der Waals surface area contributed by atoms with Crippen LogP contribution in [0, 0.1) is 0 Å². The zero-order valence-electron chi connectivity index (χ0n) is 6.58. The van der Waals surface area contributed by atoms with Crippen molar-refractivity contribution in [1.29, 1.82) is 0 Å². The van der Waals surface area contributed by atoms with Gasteiger partial charge in [0.15, 0.2) is 0 Å². The summed E-state index contributed by atoms with van der Waals surface area (Å²) in [6.07, 6.45) is 3.45. The lowest BCUT2D eigenvalue weighted by atomic mass is 10.3. The van der Waals surface area contributed by atoms with Crippen LogP contribution in [0.5, 0.6) is 0 Å². The number of hydrogen-bond donors (Lipinski definition) is 2. The monoisotopic (exact) mass is 177 g/mol. The topological polar surface area (TPSA) is 46.2 Å². The first-order chi connectivity index (χ1) is 5.27. The summed E-state index contributed by atoms with van der Waals surface area (Å²) in [7, 11) is -2.17. The third kappa shape index (κ3) is 9.65. The first-order valence-electron chi connectivity index (χ1n) is 3.70. The van der Waals surface area contributed by atoms with Crippen molar-refractivity contribution in [2.75, 3.05) is 18.8 Å². The molecule has 0 bridgehead atoms. The molecule has 1 N–H and O–H groups in total. The molecule has 0 unspecified atom stereocenters. The first kappa shape index (κ1) is 10.7. The Hall–Kier alpha value is -0.350. The summed E-state index contributed by atoms with van der Waals surface area (Å²) >= 11 is 0. The van der Waals surface area contributed by atoms with Crippen molar-refractivity contribution in [3.8, 4) is 0 Å². The van der Waals surface area contributed by atoms with Crippen molar-refractivity contribution >= 4 is 10.7 Å². The summed E-state index contributed by atoms with van der Waals surface area (Å²) in [4.78, 5) is 0. The van der Waals surface area contributed by atoms with Crippen LogP contribution in [0.4, 0.5) is 0 Å². The Bertz CT molecular complexity index is 158. The highest BCUT2D eigenvalue weighted by atomic mass is 32.2. The van der Waals surface area contributed by atoms with Gasteiger partial charge in [0.2, 0.25) is 0 Å². The van der Waals surface area contributed by atoms with Crippen molar-refractivity contribution in [3.63, 3.8) is 0 Å². The number of thiol groups is 1. The quantitative estimate of drug-likeness (QED) is 0.331. The molecule has 66 valence electrons. The second-order valence-electron chi connectivity index (χ2n) is 2.26. The van der Waals surface area contributed by atoms with Gasteiger partial charge < -0.3 is 5.32 Å². The lowest BCUT2D eigenvalue weighted by Gasteiger charge is -1.97. The van der Waals surface area contributed by atoms with Gasteiger partial charge in [0.25, 0.3) is 0 Å². The molecule has 0 spiro atoms. The van der Waals surface area contributed by atoms with E-state index < -0.39 is 10.7 Å². The van der Waals surface area contributed by atoms with Gasteiger partial charge in [0.1, 0.15) is 10.7 Å². The van der Waals surface area contributed by atoms with Crippen LogP contribution in [0.1, 0.15) is 12.8 Å². The van der Waals surface area contributed by atoms with Gasteiger partial charge in [0, 0.05) is 12.3 Å². The van der Waals surface area contributed by atoms with Gasteiger partial charge in [0.05, 0.1) is 0 Å². The highest BCUT2D eigenvalue weighted by Crippen LogP contribution is 1.86. The van der Waals surface area contributed by atoms with Gasteiger partial charge in [-0.15, -0.1) is 6.58 Å².